The summed E-state index contributed by atoms with van der Waals surface area (Å²) in [5.41, 5.74) is 6.91. The van der Waals surface area contributed by atoms with Gasteiger partial charge in [-0.15, -0.1) is 0 Å². The van der Waals surface area contributed by atoms with Crippen molar-refractivity contribution in [1.82, 2.24) is 5.32 Å². The smallest absolute Gasteiger partial charge is 0.224 e. The first-order chi connectivity index (χ1) is 8.98. The topological polar surface area (TPSA) is 89.3 Å². The maximum absolute atomic E-state index is 11.8. The van der Waals surface area contributed by atoms with E-state index in [1.165, 1.54) is 0 Å². The van der Waals surface area contributed by atoms with Crippen LogP contribution in [0.4, 0.5) is 0 Å². The van der Waals surface area contributed by atoms with Crippen molar-refractivity contribution in [2.75, 3.05) is 18.1 Å². The van der Waals surface area contributed by atoms with Crippen LogP contribution in [0.15, 0.2) is 30.3 Å². The average molecular weight is 282 g/mol. The van der Waals surface area contributed by atoms with Gasteiger partial charge in [0.25, 0.3) is 0 Å². The van der Waals surface area contributed by atoms with Crippen molar-refractivity contribution < 1.29 is 13.2 Å². The number of nitrogens with two attached hydrogens (primary N) is 1. The molecule has 2 rings (SSSR count). The van der Waals surface area contributed by atoms with Gasteiger partial charge in [0.15, 0.2) is 9.84 Å². The van der Waals surface area contributed by atoms with Crippen molar-refractivity contribution in [1.29, 1.82) is 0 Å². The highest BCUT2D eigenvalue weighted by molar-refractivity contribution is 7.91. The first-order valence-electron chi connectivity index (χ1n) is 6.26. The summed E-state index contributed by atoms with van der Waals surface area (Å²) in [7, 11) is -3.02. The molecule has 0 aromatic heterocycles. The van der Waals surface area contributed by atoms with Gasteiger partial charge in [-0.05, 0) is 12.0 Å². The quantitative estimate of drug-likeness (QED) is 0.827. The first kappa shape index (κ1) is 14.0. The summed E-state index contributed by atoms with van der Waals surface area (Å²) >= 11 is 0. The molecular formula is C13H18N2O3S. The van der Waals surface area contributed by atoms with Crippen molar-refractivity contribution in [3.05, 3.63) is 35.9 Å². The van der Waals surface area contributed by atoms with Crippen LogP contribution in [0.25, 0.3) is 0 Å². The normalized spacial score (nSPS) is 22.9. The zero-order valence-corrected chi connectivity index (χ0v) is 11.4. The Morgan fingerprint density at radius 3 is 2.63 bits per heavy atom. The fraction of sp³-hybridized carbons (Fsp3) is 0.462. The Hall–Kier alpha value is -1.40. The van der Waals surface area contributed by atoms with E-state index in [4.69, 9.17) is 5.73 Å². The highest BCUT2D eigenvalue weighted by atomic mass is 32.2. The summed E-state index contributed by atoms with van der Waals surface area (Å²) in [6.07, 6.45) is 0.411. The van der Waals surface area contributed by atoms with E-state index < -0.39 is 15.8 Å². The van der Waals surface area contributed by atoms with Crippen LogP contribution in [0, 0.1) is 5.92 Å². The lowest BCUT2D eigenvalue weighted by atomic mass is 10.1. The van der Waals surface area contributed by atoms with E-state index >= 15 is 0 Å². The van der Waals surface area contributed by atoms with Gasteiger partial charge in [0.05, 0.1) is 17.4 Å². The van der Waals surface area contributed by atoms with Crippen LogP contribution >= 0.6 is 0 Å². The van der Waals surface area contributed by atoms with E-state index in [2.05, 4.69) is 5.32 Å². The lowest BCUT2D eigenvalue weighted by molar-refractivity contribution is -0.124. The fourth-order valence-electron chi connectivity index (χ4n) is 2.17. The van der Waals surface area contributed by atoms with Crippen molar-refractivity contribution >= 4 is 15.7 Å². The molecular weight excluding hydrogens is 264 g/mol. The van der Waals surface area contributed by atoms with E-state index in [1.807, 2.05) is 30.3 Å². The third-order valence-corrected chi connectivity index (χ3v) is 5.10. The molecule has 1 aliphatic rings. The molecule has 0 bridgehead atoms. The zero-order chi connectivity index (χ0) is 13.9. The molecule has 3 N–H and O–H groups in total. The second-order valence-corrected chi connectivity index (χ2v) is 7.09. The lowest BCUT2D eigenvalue weighted by Crippen LogP contribution is -2.36. The maximum atomic E-state index is 11.8. The van der Waals surface area contributed by atoms with Crippen LogP contribution in [0.2, 0.25) is 0 Å². The standard InChI is InChI=1S/C13H18N2O3S/c14-12(10-4-2-1-3-5-10)8-15-13(16)11-6-7-19(17,18)9-11/h1-5,11-12H,6-9,14H2,(H,15,16). The van der Waals surface area contributed by atoms with Gasteiger partial charge in [0.2, 0.25) is 5.91 Å². The van der Waals surface area contributed by atoms with Gasteiger partial charge in [-0.2, -0.15) is 0 Å². The van der Waals surface area contributed by atoms with Gasteiger partial charge >= 0.3 is 0 Å². The molecule has 2 unspecified atom stereocenters. The summed E-state index contributed by atoms with van der Waals surface area (Å²) in [6.45, 7) is 0.319. The van der Waals surface area contributed by atoms with Gasteiger partial charge in [-0.3, -0.25) is 4.79 Å². The van der Waals surface area contributed by atoms with Crippen LogP contribution in [0.1, 0.15) is 18.0 Å². The van der Waals surface area contributed by atoms with E-state index in [1.54, 1.807) is 0 Å². The largest absolute Gasteiger partial charge is 0.354 e. The molecule has 19 heavy (non-hydrogen) atoms. The molecule has 2 atom stereocenters. The lowest BCUT2D eigenvalue weighted by Gasteiger charge is -2.15. The fourth-order valence-corrected chi connectivity index (χ4v) is 3.92. The molecule has 1 aliphatic heterocycles. The van der Waals surface area contributed by atoms with Gasteiger partial charge in [-0.1, -0.05) is 30.3 Å². The van der Waals surface area contributed by atoms with E-state index in [9.17, 15) is 13.2 Å². The molecule has 6 heteroatoms. The number of sulfone groups is 1. The van der Waals surface area contributed by atoms with Crippen LogP contribution in [-0.2, 0) is 14.6 Å². The monoisotopic (exact) mass is 282 g/mol. The Balaban J connectivity index is 1.84. The van der Waals surface area contributed by atoms with Crippen molar-refractivity contribution in [3.8, 4) is 0 Å². The summed E-state index contributed by atoms with van der Waals surface area (Å²) in [5, 5.41) is 2.73. The number of benzene rings is 1. The van der Waals surface area contributed by atoms with Gasteiger partial charge in [0, 0.05) is 12.6 Å². The molecule has 1 fully saturated rings. The van der Waals surface area contributed by atoms with Crippen molar-refractivity contribution in [2.45, 2.75) is 12.5 Å². The number of hydrogen-bond donors (Lipinski definition) is 2. The molecule has 0 aliphatic carbocycles. The second kappa shape index (κ2) is 5.71. The Bertz CT molecular complexity index is 542. The second-order valence-electron chi connectivity index (χ2n) is 4.86. The van der Waals surface area contributed by atoms with Gasteiger partial charge < -0.3 is 11.1 Å². The van der Waals surface area contributed by atoms with E-state index in [-0.39, 0.29) is 23.5 Å². The van der Waals surface area contributed by atoms with Crippen LogP contribution in [-0.4, -0.2) is 32.4 Å². The summed E-state index contributed by atoms with van der Waals surface area (Å²) in [5.74, 6) is -0.574. The molecule has 1 amide bonds. The molecule has 1 aromatic carbocycles. The predicted molar refractivity (Wildman–Crippen MR) is 73.1 cm³/mol. The SMILES string of the molecule is NC(CNC(=O)C1CCS(=O)(=O)C1)c1ccccc1. The van der Waals surface area contributed by atoms with E-state index in [0.717, 1.165) is 5.56 Å². The zero-order valence-electron chi connectivity index (χ0n) is 10.6. The Labute approximate surface area is 113 Å². The number of amides is 1. The van der Waals surface area contributed by atoms with E-state index in [0.29, 0.717) is 13.0 Å². The molecule has 0 spiro atoms. The third kappa shape index (κ3) is 3.78. The van der Waals surface area contributed by atoms with Crippen LogP contribution < -0.4 is 11.1 Å². The molecule has 1 saturated heterocycles. The minimum atomic E-state index is -3.02. The molecule has 0 saturated carbocycles. The summed E-state index contributed by atoms with van der Waals surface area (Å²) in [4.78, 5) is 11.8. The Morgan fingerprint density at radius 2 is 2.05 bits per heavy atom. The maximum Gasteiger partial charge on any atom is 0.224 e. The number of hydrogen-bond acceptors (Lipinski definition) is 4. The molecule has 1 aromatic rings. The average Bonchev–Trinajstić information content (AvgIpc) is 2.77. The first-order valence-corrected chi connectivity index (χ1v) is 8.09. The number of nitrogens with one attached hydrogen (secondary N) is 1. The summed E-state index contributed by atoms with van der Waals surface area (Å²) in [6, 6.07) is 9.20. The minimum Gasteiger partial charge on any atom is -0.354 e. The molecule has 104 valence electrons. The predicted octanol–water partition coefficient (Wildman–Crippen LogP) is 0.237. The minimum absolute atomic E-state index is 0.0423. The Kier molecular flexibility index (Phi) is 4.21. The summed E-state index contributed by atoms with van der Waals surface area (Å²) < 4.78 is 22.6. The number of carbonyl (C=O) groups excluding carboxylic acids is 1. The molecule has 1 heterocycles. The van der Waals surface area contributed by atoms with Gasteiger partial charge in [-0.25, -0.2) is 8.42 Å². The molecule has 5 nitrogen and oxygen atoms in total. The van der Waals surface area contributed by atoms with Crippen molar-refractivity contribution in [3.63, 3.8) is 0 Å². The Morgan fingerprint density at radius 1 is 1.37 bits per heavy atom. The van der Waals surface area contributed by atoms with Crippen LogP contribution in [0.3, 0.4) is 0 Å². The molecule has 0 radical (unpaired) electrons. The van der Waals surface area contributed by atoms with Gasteiger partial charge in [0.1, 0.15) is 0 Å². The number of carbonyl (C=O) groups is 1. The highest BCUT2D eigenvalue weighted by Crippen LogP contribution is 2.18. The number of rotatable bonds is 4. The van der Waals surface area contributed by atoms with Crippen molar-refractivity contribution in [2.24, 2.45) is 11.7 Å². The third-order valence-electron chi connectivity index (χ3n) is 3.33. The highest BCUT2D eigenvalue weighted by Gasteiger charge is 2.32. The van der Waals surface area contributed by atoms with Crippen LogP contribution in [0.5, 0.6) is 0 Å².